The molecule has 2 nitrogen and oxygen atoms in total. The Balaban J connectivity index is 3.06. The molecular formula is C20H38N2. The Labute approximate surface area is 138 Å². The van der Waals surface area contributed by atoms with E-state index in [1.54, 1.807) is 0 Å². The fourth-order valence-corrected chi connectivity index (χ4v) is 3.50. The molecule has 0 aliphatic heterocycles. The van der Waals surface area contributed by atoms with Crippen LogP contribution in [0.5, 0.6) is 0 Å². The van der Waals surface area contributed by atoms with E-state index in [1.807, 2.05) is 0 Å². The predicted octanol–water partition coefficient (Wildman–Crippen LogP) is 6.44. The second-order valence-corrected chi connectivity index (χ2v) is 7.56. The van der Waals surface area contributed by atoms with Crippen LogP contribution in [0.15, 0.2) is 6.33 Å². The summed E-state index contributed by atoms with van der Waals surface area (Å²) in [6, 6.07) is 0. The van der Waals surface area contributed by atoms with Crippen LogP contribution in [0.3, 0.4) is 0 Å². The number of nitrogens with zero attached hydrogens (tertiary/aromatic N) is 2. The third-order valence-electron chi connectivity index (χ3n) is 4.85. The lowest BCUT2D eigenvalue weighted by molar-refractivity contribution is 0.407. The summed E-state index contributed by atoms with van der Waals surface area (Å²) in [6.07, 6.45) is 12.3. The van der Waals surface area contributed by atoms with Crippen LogP contribution in [-0.4, -0.2) is 9.55 Å². The van der Waals surface area contributed by atoms with Gasteiger partial charge >= 0.3 is 0 Å². The van der Waals surface area contributed by atoms with Crippen molar-refractivity contribution in [1.29, 1.82) is 0 Å². The van der Waals surface area contributed by atoms with E-state index in [0.29, 0.717) is 5.92 Å². The lowest BCUT2D eigenvalue weighted by atomic mass is 9.80. The summed E-state index contributed by atoms with van der Waals surface area (Å²) >= 11 is 0. The molecule has 22 heavy (non-hydrogen) atoms. The standard InChI is InChI=1S/C20H38N2/c1-7-10-12-14-20(5,6)19-18(17(4)13-9-3)21-16-22(19)15-11-8-2/h16-17H,7-15H2,1-6H3. The van der Waals surface area contributed by atoms with Gasteiger partial charge in [-0.2, -0.15) is 0 Å². The number of rotatable bonds is 11. The van der Waals surface area contributed by atoms with Crippen LogP contribution in [0.4, 0.5) is 0 Å². The highest BCUT2D eigenvalue weighted by Crippen LogP contribution is 2.36. The Morgan fingerprint density at radius 1 is 1.05 bits per heavy atom. The molecule has 0 amide bonds. The minimum Gasteiger partial charge on any atom is -0.334 e. The topological polar surface area (TPSA) is 17.8 Å². The summed E-state index contributed by atoms with van der Waals surface area (Å²) in [6.45, 7) is 15.1. The van der Waals surface area contributed by atoms with E-state index in [0.717, 1.165) is 6.54 Å². The Morgan fingerprint density at radius 3 is 2.32 bits per heavy atom. The smallest absolute Gasteiger partial charge is 0.0951 e. The molecule has 1 heterocycles. The lowest BCUT2D eigenvalue weighted by Gasteiger charge is -2.29. The maximum atomic E-state index is 4.85. The summed E-state index contributed by atoms with van der Waals surface area (Å²) < 4.78 is 2.46. The highest BCUT2D eigenvalue weighted by Gasteiger charge is 2.29. The van der Waals surface area contributed by atoms with Crippen molar-refractivity contribution in [2.45, 2.75) is 111 Å². The zero-order valence-electron chi connectivity index (χ0n) is 15.9. The van der Waals surface area contributed by atoms with Crippen LogP contribution in [-0.2, 0) is 12.0 Å². The molecule has 0 spiro atoms. The molecule has 1 aromatic rings. The van der Waals surface area contributed by atoms with Crippen LogP contribution >= 0.6 is 0 Å². The average Bonchev–Trinajstić information content (AvgIpc) is 2.90. The molecule has 0 radical (unpaired) electrons. The van der Waals surface area contributed by atoms with Gasteiger partial charge in [-0.15, -0.1) is 0 Å². The minimum absolute atomic E-state index is 0.233. The van der Waals surface area contributed by atoms with Crippen molar-refractivity contribution >= 4 is 0 Å². The number of hydrogen-bond donors (Lipinski definition) is 0. The molecule has 1 unspecified atom stereocenters. The summed E-state index contributed by atoms with van der Waals surface area (Å²) in [5.74, 6) is 0.577. The molecule has 1 rings (SSSR count). The molecule has 0 aliphatic carbocycles. The van der Waals surface area contributed by atoms with Gasteiger partial charge in [-0.25, -0.2) is 4.98 Å². The van der Waals surface area contributed by atoms with E-state index in [-0.39, 0.29) is 5.41 Å². The minimum atomic E-state index is 0.233. The van der Waals surface area contributed by atoms with Gasteiger partial charge in [0.1, 0.15) is 0 Å². The quantitative estimate of drug-likeness (QED) is 0.430. The molecule has 1 aromatic heterocycles. The van der Waals surface area contributed by atoms with Crippen LogP contribution in [0.25, 0.3) is 0 Å². The molecule has 0 N–H and O–H groups in total. The van der Waals surface area contributed by atoms with E-state index in [4.69, 9.17) is 4.98 Å². The third kappa shape index (κ3) is 5.14. The third-order valence-corrected chi connectivity index (χ3v) is 4.85. The first-order chi connectivity index (χ1) is 10.5. The molecular weight excluding hydrogens is 268 g/mol. The summed E-state index contributed by atoms with van der Waals surface area (Å²) in [7, 11) is 0. The number of hydrogen-bond acceptors (Lipinski definition) is 1. The highest BCUT2D eigenvalue weighted by atomic mass is 15.1. The molecule has 1 atom stereocenters. The van der Waals surface area contributed by atoms with Crippen LogP contribution in [0, 0.1) is 0 Å². The van der Waals surface area contributed by atoms with E-state index in [1.165, 1.54) is 62.8 Å². The molecule has 2 heteroatoms. The van der Waals surface area contributed by atoms with E-state index < -0.39 is 0 Å². The van der Waals surface area contributed by atoms with Gasteiger partial charge in [0, 0.05) is 23.6 Å². The first kappa shape index (κ1) is 19.3. The highest BCUT2D eigenvalue weighted by molar-refractivity contribution is 5.25. The predicted molar refractivity (Wildman–Crippen MR) is 97.6 cm³/mol. The van der Waals surface area contributed by atoms with Gasteiger partial charge in [0.15, 0.2) is 0 Å². The number of aryl methyl sites for hydroxylation is 1. The molecule has 0 aromatic carbocycles. The van der Waals surface area contributed by atoms with Crippen LogP contribution < -0.4 is 0 Å². The Hall–Kier alpha value is -0.790. The average molecular weight is 307 g/mol. The van der Waals surface area contributed by atoms with Gasteiger partial charge in [-0.3, -0.25) is 0 Å². The van der Waals surface area contributed by atoms with Crippen molar-refractivity contribution in [1.82, 2.24) is 9.55 Å². The first-order valence-corrected chi connectivity index (χ1v) is 9.53. The monoisotopic (exact) mass is 306 g/mol. The van der Waals surface area contributed by atoms with Crippen molar-refractivity contribution in [3.8, 4) is 0 Å². The fourth-order valence-electron chi connectivity index (χ4n) is 3.50. The molecule has 0 saturated heterocycles. The van der Waals surface area contributed by atoms with Crippen molar-refractivity contribution in [2.75, 3.05) is 0 Å². The maximum absolute atomic E-state index is 4.85. The zero-order valence-corrected chi connectivity index (χ0v) is 15.9. The lowest BCUT2D eigenvalue weighted by Crippen LogP contribution is -2.24. The number of aromatic nitrogens is 2. The van der Waals surface area contributed by atoms with Crippen molar-refractivity contribution in [3.05, 3.63) is 17.7 Å². The van der Waals surface area contributed by atoms with Gasteiger partial charge in [-0.1, -0.05) is 73.6 Å². The summed E-state index contributed by atoms with van der Waals surface area (Å²) in [5, 5.41) is 0. The Kier molecular flexibility index (Phi) is 8.20. The van der Waals surface area contributed by atoms with E-state index >= 15 is 0 Å². The second-order valence-electron chi connectivity index (χ2n) is 7.56. The van der Waals surface area contributed by atoms with Crippen LogP contribution in [0.2, 0.25) is 0 Å². The molecule has 0 saturated carbocycles. The van der Waals surface area contributed by atoms with E-state index in [2.05, 4.69) is 52.4 Å². The number of unbranched alkanes of at least 4 members (excludes halogenated alkanes) is 3. The van der Waals surface area contributed by atoms with Gasteiger partial charge < -0.3 is 4.57 Å². The van der Waals surface area contributed by atoms with Crippen molar-refractivity contribution in [2.24, 2.45) is 0 Å². The normalized spacial score (nSPS) is 13.5. The first-order valence-electron chi connectivity index (χ1n) is 9.53. The molecule has 128 valence electrons. The number of imidazole rings is 1. The molecule has 0 aliphatic rings. The van der Waals surface area contributed by atoms with Gasteiger partial charge in [0.2, 0.25) is 0 Å². The SMILES string of the molecule is CCCCCC(C)(C)c1c(C(C)CCC)ncn1CCCC. The van der Waals surface area contributed by atoms with Gasteiger partial charge in [-0.05, 0) is 19.3 Å². The second kappa shape index (κ2) is 9.37. The Morgan fingerprint density at radius 2 is 1.73 bits per heavy atom. The van der Waals surface area contributed by atoms with Crippen LogP contribution in [0.1, 0.15) is 110 Å². The zero-order chi connectivity index (χ0) is 16.6. The summed E-state index contributed by atoms with van der Waals surface area (Å²) in [4.78, 5) is 4.85. The summed E-state index contributed by atoms with van der Waals surface area (Å²) in [5.41, 5.74) is 3.11. The Bertz CT molecular complexity index is 417. The van der Waals surface area contributed by atoms with Gasteiger partial charge in [0.05, 0.1) is 12.0 Å². The van der Waals surface area contributed by atoms with Gasteiger partial charge in [0.25, 0.3) is 0 Å². The van der Waals surface area contributed by atoms with E-state index in [9.17, 15) is 0 Å². The fraction of sp³-hybridized carbons (Fsp3) is 0.850. The van der Waals surface area contributed by atoms with Crippen molar-refractivity contribution < 1.29 is 0 Å². The molecule has 0 fully saturated rings. The largest absolute Gasteiger partial charge is 0.334 e. The molecule has 0 bridgehead atoms. The van der Waals surface area contributed by atoms with Crippen molar-refractivity contribution in [3.63, 3.8) is 0 Å². The maximum Gasteiger partial charge on any atom is 0.0951 e.